The van der Waals surface area contributed by atoms with E-state index in [0.29, 0.717) is 30.6 Å². The Balaban J connectivity index is 2.14. The van der Waals surface area contributed by atoms with Gasteiger partial charge in [-0.15, -0.1) is 0 Å². The van der Waals surface area contributed by atoms with Crippen molar-refractivity contribution in [3.63, 3.8) is 0 Å². The molecule has 1 aliphatic rings. The molecule has 1 aromatic carbocycles. The van der Waals surface area contributed by atoms with E-state index < -0.39 is 11.9 Å². The summed E-state index contributed by atoms with van der Waals surface area (Å²) in [7, 11) is 0. The monoisotopic (exact) mass is 262 g/mol. The number of hydrogen-bond donors (Lipinski definition) is 1. The van der Waals surface area contributed by atoms with Crippen molar-refractivity contribution in [2.75, 3.05) is 6.54 Å². The minimum absolute atomic E-state index is 0.123. The normalized spacial score (nSPS) is 23.2. The summed E-state index contributed by atoms with van der Waals surface area (Å²) in [4.78, 5) is 13.0. The fourth-order valence-corrected chi connectivity index (χ4v) is 2.54. The average molecular weight is 262 g/mol. The molecule has 0 spiro atoms. The number of aliphatic carboxylic acids is 1. The average Bonchev–Trinajstić information content (AvgIpc) is 2.74. The van der Waals surface area contributed by atoms with Gasteiger partial charge in [0.25, 0.3) is 0 Å². The van der Waals surface area contributed by atoms with Crippen LogP contribution in [0.1, 0.15) is 24.5 Å². The van der Waals surface area contributed by atoms with Gasteiger partial charge in [-0.1, -0.05) is 0 Å². The summed E-state index contributed by atoms with van der Waals surface area (Å²) < 4.78 is 13.7. The van der Waals surface area contributed by atoms with E-state index in [4.69, 9.17) is 10.4 Å². The number of carboxylic acids is 1. The quantitative estimate of drug-likeness (QED) is 0.904. The maximum Gasteiger partial charge on any atom is 0.308 e. The standard InChI is InChI=1S/C14H15FN2O2/c1-9-12(14(18)19)4-5-17(9)8-11-6-10(7-16)2-3-13(11)15/h2-3,6,9,12H,4-5,8H2,1H3,(H,18,19). The summed E-state index contributed by atoms with van der Waals surface area (Å²) in [5.74, 6) is -1.56. The molecule has 1 N–H and O–H groups in total. The Morgan fingerprint density at radius 2 is 2.37 bits per heavy atom. The second-order valence-electron chi connectivity index (χ2n) is 4.86. The van der Waals surface area contributed by atoms with Crippen LogP contribution in [0, 0.1) is 23.1 Å². The number of nitrogens with zero attached hydrogens (tertiary/aromatic N) is 2. The molecule has 100 valence electrons. The van der Waals surface area contributed by atoms with Crippen molar-refractivity contribution in [1.29, 1.82) is 5.26 Å². The van der Waals surface area contributed by atoms with E-state index in [9.17, 15) is 9.18 Å². The Morgan fingerprint density at radius 1 is 1.63 bits per heavy atom. The Hall–Kier alpha value is -1.93. The number of hydrogen-bond acceptors (Lipinski definition) is 3. The van der Waals surface area contributed by atoms with Gasteiger partial charge in [0.2, 0.25) is 0 Å². The van der Waals surface area contributed by atoms with Crippen molar-refractivity contribution >= 4 is 5.97 Å². The predicted molar refractivity (Wildman–Crippen MR) is 66.7 cm³/mol. The number of benzene rings is 1. The van der Waals surface area contributed by atoms with Crippen LogP contribution in [0.25, 0.3) is 0 Å². The van der Waals surface area contributed by atoms with Crippen molar-refractivity contribution in [2.45, 2.75) is 25.9 Å². The third kappa shape index (κ3) is 2.74. The van der Waals surface area contributed by atoms with E-state index >= 15 is 0 Å². The van der Waals surface area contributed by atoms with Crippen molar-refractivity contribution in [1.82, 2.24) is 4.90 Å². The zero-order chi connectivity index (χ0) is 14.0. The van der Waals surface area contributed by atoms with E-state index in [-0.39, 0.29) is 11.9 Å². The fraction of sp³-hybridized carbons (Fsp3) is 0.429. The molecule has 2 atom stereocenters. The molecule has 1 aliphatic heterocycles. The van der Waals surface area contributed by atoms with Gasteiger partial charge < -0.3 is 5.11 Å². The van der Waals surface area contributed by atoms with Gasteiger partial charge in [0.05, 0.1) is 17.6 Å². The molecular weight excluding hydrogens is 247 g/mol. The van der Waals surface area contributed by atoms with Crippen LogP contribution in [0.3, 0.4) is 0 Å². The molecule has 4 nitrogen and oxygen atoms in total. The molecule has 2 unspecified atom stereocenters. The van der Waals surface area contributed by atoms with Gasteiger partial charge >= 0.3 is 5.97 Å². The van der Waals surface area contributed by atoms with E-state index in [1.54, 1.807) is 0 Å². The summed E-state index contributed by atoms with van der Waals surface area (Å²) in [6.45, 7) is 2.82. The van der Waals surface area contributed by atoms with E-state index in [0.717, 1.165) is 0 Å². The Labute approximate surface area is 111 Å². The Morgan fingerprint density at radius 3 is 2.95 bits per heavy atom. The van der Waals surface area contributed by atoms with Gasteiger partial charge in [-0.2, -0.15) is 5.26 Å². The highest BCUT2D eigenvalue weighted by atomic mass is 19.1. The highest BCUT2D eigenvalue weighted by molar-refractivity contribution is 5.71. The van der Waals surface area contributed by atoms with Gasteiger partial charge in [-0.05, 0) is 38.1 Å². The maximum absolute atomic E-state index is 13.7. The molecule has 1 saturated heterocycles. The highest BCUT2D eigenvalue weighted by Crippen LogP contribution is 2.26. The smallest absolute Gasteiger partial charge is 0.308 e. The molecule has 1 aromatic rings. The van der Waals surface area contributed by atoms with Crippen molar-refractivity contribution < 1.29 is 14.3 Å². The molecule has 1 heterocycles. The van der Waals surface area contributed by atoms with Gasteiger partial charge in [0, 0.05) is 18.2 Å². The summed E-state index contributed by atoms with van der Waals surface area (Å²) in [5, 5.41) is 17.9. The first kappa shape index (κ1) is 13.5. The summed E-state index contributed by atoms with van der Waals surface area (Å²) in [6.07, 6.45) is 0.579. The Bertz CT molecular complexity index is 539. The van der Waals surface area contributed by atoms with E-state index in [2.05, 4.69) is 0 Å². The SMILES string of the molecule is CC1C(C(=O)O)CCN1Cc1cc(C#N)ccc1F. The summed E-state index contributed by atoms with van der Waals surface area (Å²) in [5.41, 5.74) is 0.856. The van der Waals surface area contributed by atoms with Crippen LogP contribution in [0.2, 0.25) is 0 Å². The lowest BCUT2D eigenvalue weighted by Gasteiger charge is -2.23. The van der Waals surface area contributed by atoms with Crippen molar-refractivity contribution in [2.24, 2.45) is 5.92 Å². The molecule has 1 fully saturated rings. The number of carboxylic acid groups (broad SMARTS) is 1. The Kier molecular flexibility index (Phi) is 3.82. The topological polar surface area (TPSA) is 64.3 Å². The van der Waals surface area contributed by atoms with E-state index in [1.165, 1.54) is 18.2 Å². The van der Waals surface area contributed by atoms with Gasteiger partial charge in [0.15, 0.2) is 0 Å². The number of carbonyl (C=O) groups is 1. The van der Waals surface area contributed by atoms with Crippen LogP contribution >= 0.6 is 0 Å². The van der Waals surface area contributed by atoms with Crippen LogP contribution in [0.5, 0.6) is 0 Å². The van der Waals surface area contributed by atoms with Crippen molar-refractivity contribution in [3.05, 3.63) is 35.1 Å². The fourth-order valence-electron chi connectivity index (χ4n) is 2.54. The molecule has 5 heteroatoms. The first-order valence-electron chi connectivity index (χ1n) is 6.18. The lowest BCUT2D eigenvalue weighted by Crippen LogP contribution is -2.32. The molecule has 0 aromatic heterocycles. The zero-order valence-corrected chi connectivity index (χ0v) is 10.6. The lowest BCUT2D eigenvalue weighted by atomic mass is 10.0. The molecule has 0 bridgehead atoms. The first-order valence-corrected chi connectivity index (χ1v) is 6.18. The third-order valence-electron chi connectivity index (χ3n) is 3.75. The van der Waals surface area contributed by atoms with Crippen LogP contribution in [0.15, 0.2) is 18.2 Å². The number of rotatable bonds is 3. The van der Waals surface area contributed by atoms with E-state index in [1.807, 2.05) is 17.9 Å². The van der Waals surface area contributed by atoms with Crippen LogP contribution < -0.4 is 0 Å². The lowest BCUT2D eigenvalue weighted by molar-refractivity contribution is -0.142. The summed E-state index contributed by atoms with van der Waals surface area (Å²) >= 11 is 0. The largest absolute Gasteiger partial charge is 0.481 e. The highest BCUT2D eigenvalue weighted by Gasteiger charge is 2.35. The minimum atomic E-state index is -0.804. The van der Waals surface area contributed by atoms with Gasteiger partial charge in [-0.25, -0.2) is 4.39 Å². The molecule has 0 aliphatic carbocycles. The molecule has 19 heavy (non-hydrogen) atoms. The van der Waals surface area contributed by atoms with Crippen LogP contribution in [-0.4, -0.2) is 28.6 Å². The number of likely N-dealkylation sites (tertiary alicyclic amines) is 1. The maximum atomic E-state index is 13.7. The molecule has 2 rings (SSSR count). The molecule has 0 radical (unpaired) electrons. The second kappa shape index (κ2) is 5.37. The molecule has 0 saturated carbocycles. The zero-order valence-electron chi connectivity index (χ0n) is 10.6. The van der Waals surface area contributed by atoms with Crippen LogP contribution in [0.4, 0.5) is 4.39 Å². The second-order valence-corrected chi connectivity index (χ2v) is 4.86. The predicted octanol–water partition coefficient (Wildman–Crippen LogP) is 1.99. The van der Waals surface area contributed by atoms with Gasteiger partial charge in [0.1, 0.15) is 5.82 Å². The minimum Gasteiger partial charge on any atom is -0.481 e. The third-order valence-corrected chi connectivity index (χ3v) is 3.75. The summed E-state index contributed by atoms with van der Waals surface area (Å²) in [6, 6.07) is 6.10. The first-order chi connectivity index (χ1) is 9.02. The number of halogens is 1. The van der Waals surface area contributed by atoms with Gasteiger partial charge in [-0.3, -0.25) is 9.69 Å². The number of nitriles is 1. The molecular formula is C14H15FN2O2. The van der Waals surface area contributed by atoms with Crippen LogP contribution in [-0.2, 0) is 11.3 Å². The van der Waals surface area contributed by atoms with Crippen molar-refractivity contribution in [3.8, 4) is 6.07 Å². The molecule has 0 amide bonds.